The zero-order chi connectivity index (χ0) is 11.5. The van der Waals surface area contributed by atoms with E-state index >= 15 is 0 Å². The minimum absolute atomic E-state index is 0.144. The average molecular weight is 236 g/mol. The van der Waals surface area contributed by atoms with Crippen molar-refractivity contribution in [2.45, 2.75) is 6.92 Å². The van der Waals surface area contributed by atoms with E-state index in [1.165, 1.54) is 0 Å². The smallest absolute Gasteiger partial charge is 0.243 e. The Morgan fingerprint density at radius 2 is 2.12 bits per heavy atom. The summed E-state index contributed by atoms with van der Waals surface area (Å²) in [6.07, 6.45) is 1.58. The maximum atomic E-state index is 5.68. The number of aromatic nitrogens is 3. The predicted octanol–water partition coefficient (Wildman–Crippen LogP) is 2.51. The number of aryl methyl sites for hydroxylation is 1. The van der Waals surface area contributed by atoms with Crippen LogP contribution in [0.4, 0.5) is 0 Å². The summed E-state index contributed by atoms with van der Waals surface area (Å²) in [7, 11) is 1.64. The lowest BCUT2D eigenvalue weighted by molar-refractivity contribution is 0.412. The highest BCUT2D eigenvalue weighted by atomic mass is 35.5. The summed E-state index contributed by atoms with van der Waals surface area (Å²) < 4.78 is 5.19. The first kappa shape index (κ1) is 10.8. The van der Waals surface area contributed by atoms with Gasteiger partial charge in [-0.05, 0) is 42.3 Å². The molecule has 0 spiro atoms. The third-order valence-electron chi connectivity index (χ3n) is 2.22. The second-order valence-corrected chi connectivity index (χ2v) is 3.63. The van der Waals surface area contributed by atoms with Crippen LogP contribution in [-0.4, -0.2) is 22.3 Å². The summed E-state index contributed by atoms with van der Waals surface area (Å²) in [4.78, 5) is 4.09. The molecule has 0 atom stereocenters. The van der Waals surface area contributed by atoms with Gasteiger partial charge in [-0.3, -0.25) is 0 Å². The van der Waals surface area contributed by atoms with Crippen molar-refractivity contribution in [3.63, 3.8) is 0 Å². The lowest BCUT2D eigenvalue weighted by atomic mass is 10.1. The lowest BCUT2D eigenvalue weighted by Crippen LogP contribution is -1.92. The van der Waals surface area contributed by atoms with Crippen LogP contribution in [0.25, 0.3) is 11.3 Å². The third kappa shape index (κ3) is 2.12. The van der Waals surface area contributed by atoms with Gasteiger partial charge in [0.05, 0.1) is 19.0 Å². The Balaban J connectivity index is 2.45. The van der Waals surface area contributed by atoms with E-state index in [1.54, 1.807) is 13.3 Å². The number of methoxy groups -OCH3 is 1. The Bertz CT molecular complexity index is 516. The first-order chi connectivity index (χ1) is 7.70. The fourth-order valence-corrected chi connectivity index (χ4v) is 1.59. The van der Waals surface area contributed by atoms with Crippen molar-refractivity contribution in [1.82, 2.24) is 15.2 Å². The van der Waals surface area contributed by atoms with Crippen LogP contribution in [0.1, 0.15) is 5.56 Å². The molecular weight excluding hydrogens is 226 g/mol. The van der Waals surface area contributed by atoms with Gasteiger partial charge in [-0.1, -0.05) is 0 Å². The highest BCUT2D eigenvalue weighted by Crippen LogP contribution is 2.24. The molecule has 0 N–H and O–H groups in total. The van der Waals surface area contributed by atoms with E-state index < -0.39 is 0 Å². The van der Waals surface area contributed by atoms with Gasteiger partial charge >= 0.3 is 0 Å². The van der Waals surface area contributed by atoms with E-state index in [-0.39, 0.29) is 5.28 Å². The van der Waals surface area contributed by atoms with Gasteiger partial charge in [0.2, 0.25) is 5.28 Å². The molecule has 0 aliphatic carbocycles. The van der Waals surface area contributed by atoms with E-state index in [2.05, 4.69) is 15.2 Å². The van der Waals surface area contributed by atoms with E-state index in [9.17, 15) is 0 Å². The molecule has 1 aromatic heterocycles. The van der Waals surface area contributed by atoms with Crippen LogP contribution in [0.15, 0.2) is 24.4 Å². The van der Waals surface area contributed by atoms with Gasteiger partial charge in [-0.15, -0.1) is 5.10 Å². The Morgan fingerprint density at radius 1 is 1.31 bits per heavy atom. The number of halogens is 1. The van der Waals surface area contributed by atoms with Crippen molar-refractivity contribution < 1.29 is 4.74 Å². The molecule has 0 aliphatic rings. The maximum absolute atomic E-state index is 5.68. The van der Waals surface area contributed by atoms with Gasteiger partial charge in [-0.2, -0.15) is 5.10 Å². The normalized spacial score (nSPS) is 10.2. The van der Waals surface area contributed by atoms with Crippen LogP contribution < -0.4 is 4.74 Å². The summed E-state index contributed by atoms with van der Waals surface area (Å²) in [6.45, 7) is 1.97. The highest BCUT2D eigenvalue weighted by molar-refractivity contribution is 6.28. The molecule has 0 amide bonds. The fraction of sp³-hybridized carbons (Fsp3) is 0.182. The molecule has 16 heavy (non-hydrogen) atoms. The van der Waals surface area contributed by atoms with Gasteiger partial charge < -0.3 is 4.74 Å². The molecule has 82 valence electrons. The molecule has 1 heterocycles. The van der Waals surface area contributed by atoms with Crippen molar-refractivity contribution in [1.29, 1.82) is 0 Å². The number of nitrogens with zero attached hydrogens (tertiary/aromatic N) is 3. The number of hydrogen-bond acceptors (Lipinski definition) is 4. The standard InChI is InChI=1S/C11H10ClN3O/c1-7-5-8(3-4-10(7)16-2)9-6-13-15-11(12)14-9/h3-6H,1-2H3. The monoisotopic (exact) mass is 235 g/mol. The quantitative estimate of drug-likeness (QED) is 0.803. The van der Waals surface area contributed by atoms with Crippen LogP contribution in [0.3, 0.4) is 0 Å². The minimum atomic E-state index is 0.144. The summed E-state index contributed by atoms with van der Waals surface area (Å²) in [5.41, 5.74) is 2.68. The van der Waals surface area contributed by atoms with Crippen molar-refractivity contribution >= 4 is 11.6 Å². The largest absolute Gasteiger partial charge is 0.496 e. The van der Waals surface area contributed by atoms with Crippen molar-refractivity contribution in [2.75, 3.05) is 7.11 Å². The molecule has 0 fully saturated rings. The molecule has 2 aromatic rings. The van der Waals surface area contributed by atoms with Crippen LogP contribution in [0.2, 0.25) is 5.28 Å². The molecule has 0 bridgehead atoms. The SMILES string of the molecule is COc1ccc(-c2cnnc(Cl)n2)cc1C. The molecule has 5 heteroatoms. The van der Waals surface area contributed by atoms with E-state index in [4.69, 9.17) is 16.3 Å². The Morgan fingerprint density at radius 3 is 2.75 bits per heavy atom. The zero-order valence-electron chi connectivity index (χ0n) is 8.94. The second kappa shape index (κ2) is 4.45. The minimum Gasteiger partial charge on any atom is -0.496 e. The first-order valence-electron chi connectivity index (χ1n) is 4.71. The highest BCUT2D eigenvalue weighted by Gasteiger charge is 2.04. The van der Waals surface area contributed by atoms with Gasteiger partial charge in [-0.25, -0.2) is 4.98 Å². The predicted molar refractivity (Wildman–Crippen MR) is 61.6 cm³/mol. The fourth-order valence-electron chi connectivity index (χ4n) is 1.46. The van der Waals surface area contributed by atoms with E-state index in [0.717, 1.165) is 16.9 Å². The molecule has 0 saturated heterocycles. The summed E-state index contributed by atoms with van der Waals surface area (Å²) >= 11 is 5.68. The van der Waals surface area contributed by atoms with Crippen LogP contribution in [-0.2, 0) is 0 Å². The van der Waals surface area contributed by atoms with Crippen molar-refractivity contribution in [3.05, 3.63) is 35.2 Å². The number of ether oxygens (including phenoxy) is 1. The molecular formula is C11H10ClN3O. The van der Waals surface area contributed by atoms with Gasteiger partial charge in [0, 0.05) is 5.56 Å². The van der Waals surface area contributed by atoms with Crippen LogP contribution in [0.5, 0.6) is 5.75 Å². The van der Waals surface area contributed by atoms with Gasteiger partial charge in [0.25, 0.3) is 0 Å². The topological polar surface area (TPSA) is 47.9 Å². The Labute approximate surface area is 98.3 Å². The second-order valence-electron chi connectivity index (χ2n) is 3.30. The summed E-state index contributed by atoms with van der Waals surface area (Å²) in [5.74, 6) is 0.844. The Hall–Kier alpha value is -1.68. The zero-order valence-corrected chi connectivity index (χ0v) is 9.69. The molecule has 4 nitrogen and oxygen atoms in total. The molecule has 0 unspecified atom stereocenters. The van der Waals surface area contributed by atoms with Crippen molar-refractivity contribution in [2.24, 2.45) is 0 Å². The third-order valence-corrected chi connectivity index (χ3v) is 2.38. The number of benzene rings is 1. The van der Waals surface area contributed by atoms with Gasteiger partial charge in [0.15, 0.2) is 0 Å². The molecule has 0 aliphatic heterocycles. The average Bonchev–Trinajstić information content (AvgIpc) is 2.29. The molecule has 2 rings (SSSR count). The molecule has 0 radical (unpaired) electrons. The number of hydrogen-bond donors (Lipinski definition) is 0. The van der Waals surface area contributed by atoms with E-state index in [1.807, 2.05) is 25.1 Å². The summed E-state index contributed by atoms with van der Waals surface area (Å²) in [5, 5.41) is 7.50. The first-order valence-corrected chi connectivity index (χ1v) is 5.09. The van der Waals surface area contributed by atoms with Gasteiger partial charge in [0.1, 0.15) is 5.75 Å². The van der Waals surface area contributed by atoms with Crippen LogP contribution >= 0.6 is 11.6 Å². The Kier molecular flexibility index (Phi) is 3.01. The van der Waals surface area contributed by atoms with Crippen molar-refractivity contribution in [3.8, 4) is 17.0 Å². The van der Waals surface area contributed by atoms with Crippen LogP contribution in [0, 0.1) is 6.92 Å². The summed E-state index contributed by atoms with van der Waals surface area (Å²) in [6, 6.07) is 5.77. The number of rotatable bonds is 2. The maximum Gasteiger partial charge on any atom is 0.243 e. The molecule has 1 aromatic carbocycles. The lowest BCUT2D eigenvalue weighted by Gasteiger charge is -2.06. The van der Waals surface area contributed by atoms with E-state index in [0.29, 0.717) is 5.69 Å². The molecule has 0 saturated carbocycles.